The van der Waals surface area contributed by atoms with E-state index in [-0.39, 0.29) is 16.7 Å². The van der Waals surface area contributed by atoms with Crippen molar-refractivity contribution in [3.8, 4) is 0 Å². The fourth-order valence-electron chi connectivity index (χ4n) is 2.27. The first-order chi connectivity index (χ1) is 9.95. The summed E-state index contributed by atoms with van der Waals surface area (Å²) in [5, 5.41) is 10.9. The van der Waals surface area contributed by atoms with Crippen LogP contribution in [-0.4, -0.2) is 40.4 Å². The monoisotopic (exact) mass is 320 g/mol. The molecule has 5 nitrogen and oxygen atoms in total. The van der Waals surface area contributed by atoms with Crippen molar-refractivity contribution in [3.63, 3.8) is 0 Å². The molecule has 3 heterocycles. The summed E-state index contributed by atoms with van der Waals surface area (Å²) in [6, 6.07) is 0.858. The zero-order valence-electron chi connectivity index (χ0n) is 10.8. The van der Waals surface area contributed by atoms with Crippen LogP contribution in [-0.2, 0) is 17.3 Å². The maximum Gasteiger partial charge on any atom is 0.417 e. The molecule has 1 aliphatic rings. The van der Waals surface area contributed by atoms with Gasteiger partial charge >= 0.3 is 6.18 Å². The molecule has 21 heavy (non-hydrogen) atoms. The lowest BCUT2D eigenvalue weighted by Crippen LogP contribution is -2.42. The Bertz CT molecular complexity index is 652. The standard InChI is InChI=1S/C12H12ClF3N4O/c13-9-3-7(12(14,15)16)5-20-10(18-19-11(9)20)4-8-6-21-2-1-17-8/h3,5,8,17H,1-2,4,6H2. The van der Waals surface area contributed by atoms with Crippen molar-refractivity contribution in [2.24, 2.45) is 0 Å². The molecule has 114 valence electrons. The van der Waals surface area contributed by atoms with Gasteiger partial charge in [0.25, 0.3) is 0 Å². The molecule has 0 saturated carbocycles. The Kier molecular flexibility index (Phi) is 3.76. The van der Waals surface area contributed by atoms with Crippen molar-refractivity contribution in [2.45, 2.75) is 18.6 Å². The molecule has 0 aromatic carbocycles. The Labute approximate surface area is 123 Å². The largest absolute Gasteiger partial charge is 0.417 e. The van der Waals surface area contributed by atoms with Gasteiger partial charge in [0.15, 0.2) is 5.65 Å². The van der Waals surface area contributed by atoms with Gasteiger partial charge in [0.05, 0.1) is 23.8 Å². The molecule has 0 spiro atoms. The zero-order chi connectivity index (χ0) is 15.0. The highest BCUT2D eigenvalue weighted by Gasteiger charge is 2.32. The van der Waals surface area contributed by atoms with Crippen LogP contribution in [0.3, 0.4) is 0 Å². The average Bonchev–Trinajstić information content (AvgIpc) is 2.83. The normalized spacial score (nSPS) is 20.1. The number of halogens is 4. The third-order valence-electron chi connectivity index (χ3n) is 3.29. The Morgan fingerprint density at radius 3 is 2.90 bits per heavy atom. The minimum atomic E-state index is -4.47. The fraction of sp³-hybridized carbons (Fsp3) is 0.500. The number of nitrogens with zero attached hydrogens (tertiary/aromatic N) is 3. The van der Waals surface area contributed by atoms with Crippen molar-refractivity contribution in [2.75, 3.05) is 19.8 Å². The summed E-state index contributed by atoms with van der Waals surface area (Å²) in [7, 11) is 0. The van der Waals surface area contributed by atoms with E-state index in [1.165, 1.54) is 4.40 Å². The Morgan fingerprint density at radius 2 is 2.24 bits per heavy atom. The number of nitrogens with one attached hydrogen (secondary N) is 1. The highest BCUT2D eigenvalue weighted by molar-refractivity contribution is 6.33. The van der Waals surface area contributed by atoms with E-state index in [2.05, 4.69) is 15.5 Å². The maximum absolute atomic E-state index is 12.8. The summed E-state index contributed by atoms with van der Waals surface area (Å²) in [5.41, 5.74) is -0.606. The molecule has 9 heteroatoms. The van der Waals surface area contributed by atoms with Crippen molar-refractivity contribution >= 4 is 17.2 Å². The van der Waals surface area contributed by atoms with Gasteiger partial charge in [-0.15, -0.1) is 10.2 Å². The molecule has 1 saturated heterocycles. The lowest BCUT2D eigenvalue weighted by Gasteiger charge is -2.23. The number of alkyl halides is 3. The second-order valence-corrected chi connectivity index (χ2v) is 5.22. The van der Waals surface area contributed by atoms with Crippen molar-refractivity contribution < 1.29 is 17.9 Å². The smallest absolute Gasteiger partial charge is 0.379 e. The minimum Gasteiger partial charge on any atom is -0.379 e. The minimum absolute atomic E-state index is 0.000492. The molecule has 0 aliphatic carbocycles. The third-order valence-corrected chi connectivity index (χ3v) is 3.56. The summed E-state index contributed by atoms with van der Waals surface area (Å²) in [6.45, 7) is 1.82. The van der Waals surface area contributed by atoms with E-state index in [4.69, 9.17) is 16.3 Å². The van der Waals surface area contributed by atoms with Crippen LogP contribution in [0.15, 0.2) is 12.3 Å². The number of morpholine rings is 1. The number of ether oxygens (including phenoxy) is 1. The average molecular weight is 321 g/mol. The first-order valence-electron chi connectivity index (χ1n) is 6.36. The highest BCUT2D eigenvalue weighted by Crippen LogP contribution is 2.32. The van der Waals surface area contributed by atoms with Gasteiger partial charge < -0.3 is 10.1 Å². The van der Waals surface area contributed by atoms with Crippen LogP contribution >= 0.6 is 11.6 Å². The summed E-state index contributed by atoms with van der Waals surface area (Å²) in [4.78, 5) is 0. The maximum atomic E-state index is 12.8. The molecule has 0 bridgehead atoms. The molecular formula is C12H12ClF3N4O. The summed E-state index contributed by atoms with van der Waals surface area (Å²) in [6.07, 6.45) is -3.08. The Hall–Kier alpha value is -1.38. The number of fused-ring (bicyclic) bond motifs is 1. The van der Waals surface area contributed by atoms with Crippen LogP contribution < -0.4 is 5.32 Å². The Balaban J connectivity index is 1.97. The van der Waals surface area contributed by atoms with Crippen molar-refractivity contribution in [1.82, 2.24) is 19.9 Å². The second kappa shape index (κ2) is 5.43. The molecular weight excluding hydrogens is 309 g/mol. The van der Waals surface area contributed by atoms with E-state index in [0.29, 0.717) is 32.0 Å². The van der Waals surface area contributed by atoms with Gasteiger partial charge in [-0.3, -0.25) is 4.40 Å². The van der Waals surface area contributed by atoms with Crippen LogP contribution in [0.4, 0.5) is 13.2 Å². The van der Waals surface area contributed by atoms with Gasteiger partial charge in [-0.05, 0) is 6.07 Å². The summed E-state index contributed by atoms with van der Waals surface area (Å²) < 4.78 is 45.2. The van der Waals surface area contributed by atoms with E-state index >= 15 is 0 Å². The predicted molar refractivity (Wildman–Crippen MR) is 69.3 cm³/mol. The number of hydrogen-bond donors (Lipinski definition) is 1. The molecule has 1 aliphatic heterocycles. The van der Waals surface area contributed by atoms with E-state index in [1.807, 2.05) is 0 Å². The third kappa shape index (κ3) is 2.97. The van der Waals surface area contributed by atoms with Crippen molar-refractivity contribution in [3.05, 3.63) is 28.7 Å². The summed E-state index contributed by atoms with van der Waals surface area (Å²) in [5.74, 6) is 0.418. The van der Waals surface area contributed by atoms with E-state index < -0.39 is 11.7 Å². The van der Waals surface area contributed by atoms with E-state index in [9.17, 15) is 13.2 Å². The van der Waals surface area contributed by atoms with Crippen LogP contribution in [0.1, 0.15) is 11.4 Å². The molecule has 1 fully saturated rings. The number of aromatic nitrogens is 3. The lowest BCUT2D eigenvalue weighted by atomic mass is 10.2. The molecule has 3 rings (SSSR count). The highest BCUT2D eigenvalue weighted by atomic mass is 35.5. The Morgan fingerprint density at radius 1 is 1.43 bits per heavy atom. The van der Waals surface area contributed by atoms with E-state index in [0.717, 1.165) is 12.3 Å². The lowest BCUT2D eigenvalue weighted by molar-refractivity contribution is -0.137. The van der Waals surface area contributed by atoms with Crippen LogP contribution in [0.25, 0.3) is 5.65 Å². The number of rotatable bonds is 2. The first kappa shape index (κ1) is 14.6. The number of pyridine rings is 1. The molecule has 0 amide bonds. The number of hydrogen-bond acceptors (Lipinski definition) is 4. The van der Waals surface area contributed by atoms with Crippen LogP contribution in [0, 0.1) is 0 Å². The van der Waals surface area contributed by atoms with Gasteiger partial charge in [-0.2, -0.15) is 13.2 Å². The van der Waals surface area contributed by atoms with Crippen LogP contribution in [0.2, 0.25) is 5.02 Å². The second-order valence-electron chi connectivity index (χ2n) is 4.81. The van der Waals surface area contributed by atoms with E-state index in [1.54, 1.807) is 0 Å². The fourth-order valence-corrected chi connectivity index (χ4v) is 2.51. The van der Waals surface area contributed by atoms with Crippen molar-refractivity contribution in [1.29, 1.82) is 0 Å². The molecule has 1 unspecified atom stereocenters. The molecule has 1 atom stereocenters. The zero-order valence-corrected chi connectivity index (χ0v) is 11.6. The quantitative estimate of drug-likeness (QED) is 0.918. The first-order valence-corrected chi connectivity index (χ1v) is 6.74. The molecule has 2 aromatic rings. The van der Waals surface area contributed by atoms with Gasteiger partial charge in [-0.25, -0.2) is 0 Å². The van der Waals surface area contributed by atoms with Crippen LogP contribution in [0.5, 0.6) is 0 Å². The topological polar surface area (TPSA) is 51.5 Å². The molecule has 2 aromatic heterocycles. The summed E-state index contributed by atoms with van der Waals surface area (Å²) >= 11 is 5.86. The molecule has 0 radical (unpaired) electrons. The van der Waals surface area contributed by atoms with Gasteiger partial charge in [0.1, 0.15) is 5.82 Å². The SMILES string of the molecule is FC(F)(F)c1cc(Cl)c2nnc(CC3COCCN3)n2c1. The molecule has 1 N–H and O–H groups in total. The van der Waals surface area contributed by atoms with Gasteiger partial charge in [-0.1, -0.05) is 11.6 Å². The van der Waals surface area contributed by atoms with Gasteiger partial charge in [0.2, 0.25) is 0 Å². The van der Waals surface area contributed by atoms with Gasteiger partial charge in [0, 0.05) is 25.2 Å². The predicted octanol–water partition coefficient (Wildman–Crippen LogP) is 1.93.